The van der Waals surface area contributed by atoms with Crippen molar-refractivity contribution >= 4 is 11.0 Å². The van der Waals surface area contributed by atoms with Crippen LogP contribution in [-0.2, 0) is 0 Å². The van der Waals surface area contributed by atoms with Crippen molar-refractivity contribution in [1.29, 1.82) is 0 Å². The maximum absolute atomic E-state index is 9.25. The highest BCUT2D eigenvalue weighted by atomic mass is 16.3. The summed E-state index contributed by atoms with van der Waals surface area (Å²) in [5.74, 6) is 0.572. The van der Waals surface area contributed by atoms with E-state index in [9.17, 15) is 5.11 Å². The Balaban J connectivity index is 1.52. The molecule has 0 bridgehead atoms. The second kappa shape index (κ2) is 7.60. The fourth-order valence-electron chi connectivity index (χ4n) is 4.38. The Morgan fingerprint density at radius 1 is 1.19 bits per heavy atom. The van der Waals surface area contributed by atoms with Crippen LogP contribution < -0.4 is 0 Å². The molecular formula is C20H27N5O. The number of aromatic amines is 2. The molecule has 0 aromatic carbocycles. The summed E-state index contributed by atoms with van der Waals surface area (Å²) in [4.78, 5) is 10.3. The molecule has 26 heavy (non-hydrogen) atoms. The van der Waals surface area contributed by atoms with Crippen molar-refractivity contribution in [2.45, 2.75) is 44.6 Å². The fourth-order valence-corrected chi connectivity index (χ4v) is 4.38. The van der Waals surface area contributed by atoms with Crippen molar-refractivity contribution in [3.63, 3.8) is 0 Å². The number of hydrogen-bond acceptors (Lipinski definition) is 4. The number of aliphatic hydroxyl groups is 1. The lowest BCUT2D eigenvalue weighted by Crippen LogP contribution is -2.39. The summed E-state index contributed by atoms with van der Waals surface area (Å²) in [5.41, 5.74) is 4.50. The third-order valence-corrected chi connectivity index (χ3v) is 5.84. The molecule has 3 N–H and O–H groups in total. The molecule has 1 saturated carbocycles. The van der Waals surface area contributed by atoms with Gasteiger partial charge in [0.2, 0.25) is 0 Å². The van der Waals surface area contributed by atoms with E-state index < -0.39 is 0 Å². The van der Waals surface area contributed by atoms with Crippen molar-refractivity contribution in [2.75, 3.05) is 19.7 Å². The number of rotatable bonds is 6. The van der Waals surface area contributed by atoms with Crippen molar-refractivity contribution in [1.82, 2.24) is 25.1 Å². The van der Waals surface area contributed by atoms with E-state index in [-0.39, 0.29) is 6.61 Å². The highest BCUT2D eigenvalue weighted by Crippen LogP contribution is 2.36. The predicted octanol–water partition coefficient (Wildman–Crippen LogP) is 3.29. The van der Waals surface area contributed by atoms with Crippen LogP contribution in [0.25, 0.3) is 22.2 Å². The molecule has 6 nitrogen and oxygen atoms in total. The number of aliphatic hydroxyl groups excluding tert-OH is 1. The van der Waals surface area contributed by atoms with Gasteiger partial charge < -0.3 is 10.1 Å². The Morgan fingerprint density at radius 2 is 2.04 bits per heavy atom. The molecule has 0 spiro atoms. The number of nitrogens with zero attached hydrogens (tertiary/aromatic N) is 3. The molecular weight excluding hydrogens is 326 g/mol. The molecule has 0 amide bonds. The molecule has 1 aliphatic carbocycles. The monoisotopic (exact) mass is 353 g/mol. The van der Waals surface area contributed by atoms with Gasteiger partial charge in [0.1, 0.15) is 5.65 Å². The second-order valence-corrected chi connectivity index (χ2v) is 7.21. The van der Waals surface area contributed by atoms with Crippen LogP contribution in [0.4, 0.5) is 0 Å². The molecule has 138 valence electrons. The summed E-state index contributed by atoms with van der Waals surface area (Å²) in [5, 5.41) is 17.4. The van der Waals surface area contributed by atoms with Crippen LogP contribution in [0.1, 0.15) is 44.1 Å². The number of H-pyrrole nitrogens is 2. The zero-order valence-corrected chi connectivity index (χ0v) is 15.3. The van der Waals surface area contributed by atoms with Gasteiger partial charge in [-0.2, -0.15) is 5.10 Å². The zero-order chi connectivity index (χ0) is 17.9. The first kappa shape index (κ1) is 17.2. The molecule has 1 fully saturated rings. The summed E-state index contributed by atoms with van der Waals surface area (Å²) >= 11 is 0. The number of hydrogen-bond donors (Lipinski definition) is 3. The maximum atomic E-state index is 9.25. The van der Waals surface area contributed by atoms with Crippen LogP contribution in [-0.4, -0.2) is 55.9 Å². The molecule has 4 rings (SSSR count). The predicted molar refractivity (Wildman–Crippen MR) is 103 cm³/mol. The zero-order valence-electron chi connectivity index (χ0n) is 15.3. The minimum Gasteiger partial charge on any atom is -0.395 e. The lowest BCUT2D eigenvalue weighted by Gasteiger charge is -2.36. The normalized spacial score (nSPS) is 20.9. The number of pyridine rings is 1. The van der Waals surface area contributed by atoms with Gasteiger partial charge in [0.05, 0.1) is 12.8 Å². The van der Waals surface area contributed by atoms with Crippen molar-refractivity contribution in [3.05, 3.63) is 36.4 Å². The quantitative estimate of drug-likeness (QED) is 0.635. The lowest BCUT2D eigenvalue weighted by atomic mass is 9.81. The first-order valence-electron chi connectivity index (χ1n) is 9.61. The van der Waals surface area contributed by atoms with Gasteiger partial charge in [0.25, 0.3) is 0 Å². The van der Waals surface area contributed by atoms with E-state index in [1.54, 1.807) is 0 Å². The minimum absolute atomic E-state index is 0.249. The van der Waals surface area contributed by atoms with E-state index in [0.717, 1.165) is 29.9 Å². The van der Waals surface area contributed by atoms with Crippen molar-refractivity contribution in [3.8, 4) is 11.1 Å². The summed E-state index contributed by atoms with van der Waals surface area (Å²) in [6, 6.07) is 2.91. The van der Waals surface area contributed by atoms with Crippen LogP contribution in [0.5, 0.6) is 0 Å². The molecule has 0 unspecified atom stereocenters. The number of nitrogens with one attached hydrogen (secondary N) is 2. The average molecular weight is 353 g/mol. The van der Waals surface area contributed by atoms with Crippen molar-refractivity contribution in [2.24, 2.45) is 0 Å². The highest BCUT2D eigenvalue weighted by Gasteiger charge is 2.26. The molecule has 3 heterocycles. The number of fused-ring (bicyclic) bond motifs is 1. The molecule has 0 saturated heterocycles. The lowest BCUT2D eigenvalue weighted by molar-refractivity contribution is 0.125. The largest absolute Gasteiger partial charge is 0.395 e. The molecule has 3 aromatic heterocycles. The Kier molecular flexibility index (Phi) is 5.04. The first-order valence-corrected chi connectivity index (χ1v) is 9.61. The average Bonchev–Trinajstić information content (AvgIpc) is 3.35. The summed E-state index contributed by atoms with van der Waals surface area (Å²) in [7, 11) is 0. The molecule has 0 atom stereocenters. The standard InChI is InChI=1S/C20H27N5O/c1-2-25(7-8-26)17-5-3-14(4-6-17)15-9-18-19(16-11-23-24-12-16)13-22-20(18)21-10-15/h9-14,17,26H,2-8H2,1H3,(H,21,22)(H,23,24). The molecule has 0 radical (unpaired) electrons. The van der Waals surface area contributed by atoms with Crippen LogP contribution in [0.15, 0.2) is 30.9 Å². The number of likely N-dealkylation sites (N-methyl/N-ethyl adjacent to an activating group) is 1. The molecule has 0 aliphatic heterocycles. The van der Waals surface area contributed by atoms with Crippen molar-refractivity contribution < 1.29 is 5.11 Å². The summed E-state index contributed by atoms with van der Waals surface area (Å²) in [6.45, 7) is 4.24. The van der Waals surface area contributed by atoms with E-state index in [4.69, 9.17) is 0 Å². The van der Waals surface area contributed by atoms with Gasteiger partial charge in [-0.1, -0.05) is 6.92 Å². The smallest absolute Gasteiger partial charge is 0.137 e. The fraction of sp³-hybridized carbons (Fsp3) is 0.500. The van der Waals surface area contributed by atoms with Crippen LogP contribution in [0.3, 0.4) is 0 Å². The molecule has 6 heteroatoms. The van der Waals surface area contributed by atoms with E-state index in [2.05, 4.69) is 38.1 Å². The Morgan fingerprint density at radius 3 is 2.73 bits per heavy atom. The van der Waals surface area contributed by atoms with Gasteiger partial charge in [-0.15, -0.1) is 0 Å². The van der Waals surface area contributed by atoms with E-state index in [1.807, 2.05) is 24.8 Å². The topological polar surface area (TPSA) is 80.8 Å². The van der Waals surface area contributed by atoms with Gasteiger partial charge in [-0.05, 0) is 49.8 Å². The van der Waals surface area contributed by atoms with Gasteiger partial charge >= 0.3 is 0 Å². The number of aromatic nitrogens is 4. The summed E-state index contributed by atoms with van der Waals surface area (Å²) in [6.07, 6.45) is 12.6. The summed E-state index contributed by atoms with van der Waals surface area (Å²) < 4.78 is 0. The second-order valence-electron chi connectivity index (χ2n) is 7.21. The van der Waals surface area contributed by atoms with E-state index in [1.165, 1.54) is 36.6 Å². The first-order chi connectivity index (χ1) is 12.8. The Hall–Kier alpha value is -2.18. The third kappa shape index (κ3) is 3.27. The molecule has 1 aliphatic rings. The van der Waals surface area contributed by atoms with Gasteiger partial charge in [-0.25, -0.2) is 4.98 Å². The maximum Gasteiger partial charge on any atom is 0.137 e. The van der Waals surface area contributed by atoms with Crippen LogP contribution in [0.2, 0.25) is 0 Å². The Labute approximate surface area is 153 Å². The van der Waals surface area contributed by atoms with Crippen LogP contribution >= 0.6 is 0 Å². The van der Waals surface area contributed by atoms with Gasteiger partial charge in [-0.3, -0.25) is 10.00 Å². The third-order valence-electron chi connectivity index (χ3n) is 5.84. The minimum atomic E-state index is 0.249. The Bertz CT molecular complexity index is 833. The van der Waals surface area contributed by atoms with E-state index in [0.29, 0.717) is 12.0 Å². The highest BCUT2D eigenvalue weighted by molar-refractivity contribution is 5.93. The van der Waals surface area contributed by atoms with E-state index >= 15 is 0 Å². The molecule has 3 aromatic rings. The van der Waals surface area contributed by atoms with Crippen LogP contribution in [0, 0.1) is 0 Å². The SMILES string of the molecule is CCN(CCO)C1CCC(c2cnc3[nH]cc(-c4cn[nH]c4)c3c2)CC1. The van der Waals surface area contributed by atoms with Gasteiger partial charge in [0.15, 0.2) is 0 Å². The van der Waals surface area contributed by atoms with Gasteiger partial charge in [0, 0.05) is 47.7 Å².